The van der Waals surface area contributed by atoms with E-state index in [2.05, 4.69) is 5.32 Å². The van der Waals surface area contributed by atoms with E-state index >= 15 is 0 Å². The first kappa shape index (κ1) is 15.5. The lowest BCUT2D eigenvalue weighted by molar-refractivity contribution is 0.0531. The Labute approximate surface area is 114 Å². The molecule has 1 unspecified atom stereocenters. The van der Waals surface area contributed by atoms with Crippen molar-refractivity contribution in [3.05, 3.63) is 30.3 Å². The van der Waals surface area contributed by atoms with Crippen LogP contribution in [0.5, 0.6) is 0 Å². The molecule has 0 saturated heterocycles. The molecule has 0 spiro atoms. The molecular weight excluding hydrogens is 264 g/mol. The first-order valence-corrected chi connectivity index (χ1v) is 7.72. The summed E-state index contributed by atoms with van der Waals surface area (Å²) in [6.07, 6.45) is -0.559. The maximum absolute atomic E-state index is 12.1. The Morgan fingerprint density at radius 2 is 1.89 bits per heavy atom. The molecule has 0 fully saturated rings. The highest BCUT2D eigenvalue weighted by atomic mass is 32.2. The summed E-state index contributed by atoms with van der Waals surface area (Å²) < 4.78 is 25.0. The number of alkyl carbamates (subject to hydrolysis) is 1. The van der Waals surface area contributed by atoms with Crippen molar-refractivity contribution in [3.8, 4) is 0 Å². The van der Waals surface area contributed by atoms with Gasteiger partial charge in [0.05, 0.1) is 15.5 Å². The van der Waals surface area contributed by atoms with Gasteiger partial charge in [-0.2, -0.15) is 0 Å². The van der Waals surface area contributed by atoms with E-state index in [0.717, 1.165) is 0 Å². The normalized spacial score (nSPS) is 14.5. The molecule has 19 heavy (non-hydrogen) atoms. The van der Waals surface area contributed by atoms with Gasteiger partial charge in [-0.05, 0) is 32.9 Å². The number of carbonyl (C=O) groups is 1. The molecule has 6 heteroatoms. The zero-order valence-corrected chi connectivity index (χ0v) is 12.3. The van der Waals surface area contributed by atoms with Crippen molar-refractivity contribution in [2.75, 3.05) is 12.3 Å². The molecule has 2 N–H and O–H groups in total. The van der Waals surface area contributed by atoms with Crippen molar-refractivity contribution >= 4 is 15.8 Å². The zero-order chi connectivity index (χ0) is 14.5. The first-order valence-electron chi connectivity index (χ1n) is 5.99. The minimum Gasteiger partial charge on any atom is -0.444 e. The van der Waals surface area contributed by atoms with Crippen LogP contribution in [0.1, 0.15) is 20.8 Å². The van der Waals surface area contributed by atoms with Crippen LogP contribution in [0.25, 0.3) is 0 Å². The molecule has 1 rings (SSSR count). The molecule has 0 aromatic heterocycles. The van der Waals surface area contributed by atoms with Gasteiger partial charge in [-0.15, -0.1) is 0 Å². The van der Waals surface area contributed by atoms with Crippen molar-refractivity contribution < 1.29 is 13.7 Å². The highest BCUT2D eigenvalue weighted by molar-refractivity contribution is 7.92. The van der Waals surface area contributed by atoms with E-state index in [1.54, 1.807) is 51.1 Å². The Morgan fingerprint density at radius 3 is 2.42 bits per heavy atom. The summed E-state index contributed by atoms with van der Waals surface area (Å²) in [6.45, 7) is 5.45. The summed E-state index contributed by atoms with van der Waals surface area (Å²) >= 11 is 0. The first-order chi connectivity index (χ1) is 8.71. The van der Waals surface area contributed by atoms with Gasteiger partial charge in [-0.3, -0.25) is 0 Å². The SMILES string of the molecule is CC(C)(C)OC(=O)NCCS(=N)(=O)c1ccccc1. The minimum atomic E-state index is -2.87. The van der Waals surface area contributed by atoms with Gasteiger partial charge < -0.3 is 10.1 Å². The molecule has 5 nitrogen and oxygen atoms in total. The van der Waals surface area contributed by atoms with Crippen LogP contribution < -0.4 is 5.32 Å². The van der Waals surface area contributed by atoms with Crippen molar-refractivity contribution in [1.82, 2.24) is 5.32 Å². The van der Waals surface area contributed by atoms with E-state index in [-0.39, 0.29) is 12.3 Å². The molecule has 106 valence electrons. The average Bonchev–Trinajstić information content (AvgIpc) is 2.27. The van der Waals surface area contributed by atoms with E-state index in [1.165, 1.54) is 0 Å². The third-order valence-corrected chi connectivity index (χ3v) is 3.99. The molecule has 0 aliphatic rings. The molecule has 1 aromatic rings. The van der Waals surface area contributed by atoms with Crippen LogP contribution in [-0.4, -0.2) is 28.2 Å². The lowest BCUT2D eigenvalue weighted by Crippen LogP contribution is -2.34. The molecule has 1 aromatic carbocycles. The van der Waals surface area contributed by atoms with Crippen LogP contribution in [0.2, 0.25) is 0 Å². The number of hydrogen-bond acceptors (Lipinski definition) is 4. The second-order valence-electron chi connectivity index (χ2n) is 5.12. The Hall–Kier alpha value is -1.56. The van der Waals surface area contributed by atoms with Crippen molar-refractivity contribution in [2.45, 2.75) is 31.3 Å². The van der Waals surface area contributed by atoms with Gasteiger partial charge in [0.25, 0.3) is 0 Å². The van der Waals surface area contributed by atoms with Gasteiger partial charge in [-0.25, -0.2) is 13.8 Å². The predicted molar refractivity (Wildman–Crippen MR) is 74.7 cm³/mol. The number of amides is 1. The van der Waals surface area contributed by atoms with E-state index in [0.29, 0.717) is 4.90 Å². The van der Waals surface area contributed by atoms with Crippen molar-refractivity contribution in [3.63, 3.8) is 0 Å². The molecule has 0 aliphatic heterocycles. The molecule has 0 saturated carbocycles. The highest BCUT2D eigenvalue weighted by Gasteiger charge is 2.16. The third-order valence-electron chi connectivity index (χ3n) is 2.18. The number of benzene rings is 1. The number of ether oxygens (including phenoxy) is 1. The second-order valence-corrected chi connectivity index (χ2v) is 7.35. The number of nitrogens with one attached hydrogen (secondary N) is 2. The minimum absolute atomic E-state index is 0.0657. The summed E-state index contributed by atoms with van der Waals surface area (Å²) in [4.78, 5) is 11.9. The average molecular weight is 284 g/mol. The number of hydrogen-bond donors (Lipinski definition) is 2. The van der Waals surface area contributed by atoms with Crippen molar-refractivity contribution in [2.24, 2.45) is 0 Å². The maximum Gasteiger partial charge on any atom is 0.407 e. The molecule has 1 atom stereocenters. The van der Waals surface area contributed by atoms with Gasteiger partial charge in [-0.1, -0.05) is 18.2 Å². The smallest absolute Gasteiger partial charge is 0.407 e. The Morgan fingerprint density at radius 1 is 1.32 bits per heavy atom. The molecular formula is C13H20N2O3S. The summed E-state index contributed by atoms with van der Waals surface area (Å²) in [5.74, 6) is 0.0657. The Kier molecular flexibility index (Phi) is 4.94. The molecule has 0 aliphatic carbocycles. The van der Waals surface area contributed by atoms with Gasteiger partial charge >= 0.3 is 6.09 Å². The lowest BCUT2D eigenvalue weighted by atomic mass is 10.2. The fraction of sp³-hybridized carbons (Fsp3) is 0.462. The van der Waals surface area contributed by atoms with E-state index in [9.17, 15) is 9.00 Å². The zero-order valence-electron chi connectivity index (χ0n) is 11.4. The van der Waals surface area contributed by atoms with Crippen LogP contribution in [0.15, 0.2) is 35.2 Å². The van der Waals surface area contributed by atoms with Crippen LogP contribution in [-0.2, 0) is 14.5 Å². The summed E-state index contributed by atoms with van der Waals surface area (Å²) in [5, 5.41) is 2.50. The topological polar surface area (TPSA) is 79.2 Å². The molecule has 1 amide bonds. The molecule has 0 heterocycles. The second kappa shape index (κ2) is 6.06. The number of rotatable bonds is 4. The Bertz CT molecular complexity index is 519. The summed E-state index contributed by atoms with van der Waals surface area (Å²) in [5.41, 5.74) is -0.564. The summed E-state index contributed by atoms with van der Waals surface area (Å²) in [7, 11) is -2.87. The monoisotopic (exact) mass is 284 g/mol. The predicted octanol–water partition coefficient (Wildman–Crippen LogP) is 2.62. The van der Waals surface area contributed by atoms with Gasteiger partial charge in [0, 0.05) is 11.4 Å². The van der Waals surface area contributed by atoms with Crippen LogP contribution in [0.3, 0.4) is 0 Å². The van der Waals surface area contributed by atoms with E-state index < -0.39 is 21.4 Å². The fourth-order valence-corrected chi connectivity index (χ4v) is 2.59. The summed E-state index contributed by atoms with van der Waals surface area (Å²) in [6, 6.07) is 8.60. The number of carbonyl (C=O) groups excluding carboxylic acids is 1. The largest absolute Gasteiger partial charge is 0.444 e. The van der Waals surface area contributed by atoms with Gasteiger partial charge in [0.15, 0.2) is 0 Å². The van der Waals surface area contributed by atoms with Gasteiger partial charge in [0.1, 0.15) is 5.60 Å². The van der Waals surface area contributed by atoms with Crippen molar-refractivity contribution in [1.29, 1.82) is 4.78 Å². The highest BCUT2D eigenvalue weighted by Crippen LogP contribution is 2.10. The van der Waals surface area contributed by atoms with Crippen LogP contribution in [0, 0.1) is 4.78 Å². The quantitative estimate of drug-likeness (QED) is 0.892. The third kappa shape index (κ3) is 5.74. The van der Waals surface area contributed by atoms with Crippen LogP contribution in [0.4, 0.5) is 4.79 Å². The van der Waals surface area contributed by atoms with E-state index in [4.69, 9.17) is 9.52 Å². The molecule has 0 bridgehead atoms. The molecule has 0 radical (unpaired) electrons. The maximum atomic E-state index is 12.1. The van der Waals surface area contributed by atoms with E-state index in [1.807, 2.05) is 0 Å². The standard InChI is InChI=1S/C13H20N2O3S/c1-13(2,3)18-12(16)15-9-10-19(14,17)11-7-5-4-6-8-11/h4-8,14H,9-10H2,1-3H3,(H,15,16). The van der Waals surface area contributed by atoms with Gasteiger partial charge in [0.2, 0.25) is 0 Å². The fourth-order valence-electron chi connectivity index (χ4n) is 1.37. The van der Waals surface area contributed by atoms with Crippen LogP contribution >= 0.6 is 0 Å². The Balaban J connectivity index is 2.48. The lowest BCUT2D eigenvalue weighted by Gasteiger charge is -2.19.